The van der Waals surface area contributed by atoms with Crippen molar-refractivity contribution in [2.45, 2.75) is 0 Å². The Balaban J connectivity index is 3.06. The second kappa shape index (κ2) is 3.91. The first-order chi connectivity index (χ1) is 6.19. The SMILES string of the molecule is COc1cc(C(=O)CO)ccc1N. The maximum absolute atomic E-state index is 11.0. The van der Waals surface area contributed by atoms with E-state index in [1.165, 1.54) is 13.2 Å². The number of Topliss-reactive ketones (excluding diaryl/α,β-unsaturated/α-hetero) is 1. The third-order valence-corrected chi connectivity index (χ3v) is 1.70. The van der Waals surface area contributed by atoms with E-state index in [2.05, 4.69) is 0 Å². The number of nitrogens with two attached hydrogens (primary N) is 1. The molecule has 0 heterocycles. The molecule has 3 N–H and O–H groups in total. The number of methoxy groups -OCH3 is 1. The van der Waals surface area contributed by atoms with Crippen LogP contribution in [0, 0.1) is 0 Å². The second-order valence-electron chi connectivity index (χ2n) is 2.54. The summed E-state index contributed by atoms with van der Waals surface area (Å²) < 4.78 is 4.92. The van der Waals surface area contributed by atoms with Gasteiger partial charge in [-0.2, -0.15) is 0 Å². The first-order valence-electron chi connectivity index (χ1n) is 3.76. The third-order valence-electron chi connectivity index (χ3n) is 1.70. The van der Waals surface area contributed by atoms with Crippen molar-refractivity contribution in [1.82, 2.24) is 0 Å². The molecule has 13 heavy (non-hydrogen) atoms. The molecular weight excluding hydrogens is 170 g/mol. The van der Waals surface area contributed by atoms with Gasteiger partial charge in [-0.15, -0.1) is 0 Å². The van der Waals surface area contributed by atoms with Crippen LogP contribution in [0.15, 0.2) is 18.2 Å². The zero-order chi connectivity index (χ0) is 9.84. The fraction of sp³-hybridized carbons (Fsp3) is 0.222. The van der Waals surface area contributed by atoms with E-state index in [1.54, 1.807) is 12.1 Å². The van der Waals surface area contributed by atoms with Crippen LogP contribution >= 0.6 is 0 Å². The fourth-order valence-corrected chi connectivity index (χ4v) is 0.976. The van der Waals surface area contributed by atoms with Gasteiger partial charge < -0.3 is 15.6 Å². The summed E-state index contributed by atoms with van der Waals surface area (Å²) in [5.41, 5.74) is 6.41. The molecule has 0 fully saturated rings. The molecule has 0 radical (unpaired) electrons. The van der Waals surface area contributed by atoms with Crippen LogP contribution in [-0.4, -0.2) is 24.6 Å². The first-order valence-corrected chi connectivity index (χ1v) is 3.76. The quantitative estimate of drug-likeness (QED) is 0.524. The van der Waals surface area contributed by atoms with Gasteiger partial charge in [0.2, 0.25) is 0 Å². The number of nitrogen functional groups attached to an aromatic ring is 1. The van der Waals surface area contributed by atoms with Gasteiger partial charge >= 0.3 is 0 Å². The molecule has 0 saturated carbocycles. The summed E-state index contributed by atoms with van der Waals surface area (Å²) in [6.45, 7) is -0.507. The van der Waals surface area contributed by atoms with Gasteiger partial charge in [0, 0.05) is 5.56 Å². The van der Waals surface area contributed by atoms with Crippen molar-refractivity contribution in [2.75, 3.05) is 19.5 Å². The Morgan fingerprint density at radius 1 is 1.62 bits per heavy atom. The van der Waals surface area contributed by atoms with E-state index in [-0.39, 0.29) is 5.78 Å². The molecular formula is C9H11NO3. The van der Waals surface area contributed by atoms with E-state index in [1.807, 2.05) is 0 Å². The minimum Gasteiger partial charge on any atom is -0.495 e. The van der Waals surface area contributed by atoms with Gasteiger partial charge in [0.05, 0.1) is 12.8 Å². The number of aliphatic hydroxyl groups excluding tert-OH is 1. The van der Waals surface area contributed by atoms with E-state index < -0.39 is 6.61 Å². The zero-order valence-corrected chi connectivity index (χ0v) is 7.28. The van der Waals surface area contributed by atoms with Gasteiger partial charge in [-0.3, -0.25) is 4.79 Å². The summed E-state index contributed by atoms with van der Waals surface area (Å²) in [4.78, 5) is 11.0. The number of aliphatic hydroxyl groups is 1. The Kier molecular flexibility index (Phi) is 2.87. The molecule has 0 aliphatic rings. The maximum atomic E-state index is 11.0. The highest BCUT2D eigenvalue weighted by atomic mass is 16.5. The zero-order valence-electron chi connectivity index (χ0n) is 7.28. The number of carbonyl (C=O) groups excluding carboxylic acids is 1. The summed E-state index contributed by atoms with van der Waals surface area (Å²) in [5.74, 6) is 0.0950. The molecule has 0 saturated heterocycles. The van der Waals surface area contributed by atoms with Crippen LogP contribution in [0.25, 0.3) is 0 Å². The Bertz CT molecular complexity index is 323. The second-order valence-corrected chi connectivity index (χ2v) is 2.54. The lowest BCUT2D eigenvalue weighted by Crippen LogP contribution is -2.05. The Morgan fingerprint density at radius 3 is 2.85 bits per heavy atom. The molecule has 0 aromatic heterocycles. The van der Waals surface area contributed by atoms with E-state index >= 15 is 0 Å². The van der Waals surface area contributed by atoms with Gasteiger partial charge in [-0.1, -0.05) is 0 Å². The highest BCUT2D eigenvalue weighted by Crippen LogP contribution is 2.22. The number of carbonyl (C=O) groups is 1. The normalized spacial score (nSPS) is 9.69. The molecule has 0 aliphatic carbocycles. The number of hydrogen-bond donors (Lipinski definition) is 2. The standard InChI is InChI=1S/C9H11NO3/c1-13-9-4-6(8(12)5-11)2-3-7(9)10/h2-4,11H,5,10H2,1H3. The molecule has 1 aromatic carbocycles. The van der Waals surface area contributed by atoms with Crippen molar-refractivity contribution >= 4 is 11.5 Å². The fourth-order valence-electron chi connectivity index (χ4n) is 0.976. The van der Waals surface area contributed by atoms with Crippen LogP contribution in [-0.2, 0) is 0 Å². The summed E-state index contributed by atoms with van der Waals surface area (Å²) in [7, 11) is 1.47. The lowest BCUT2D eigenvalue weighted by molar-refractivity contribution is 0.0903. The molecule has 0 bridgehead atoms. The predicted molar refractivity (Wildman–Crippen MR) is 48.8 cm³/mol. The molecule has 1 aromatic rings. The first kappa shape index (κ1) is 9.54. The topological polar surface area (TPSA) is 72.5 Å². The van der Waals surface area contributed by atoms with Crippen molar-refractivity contribution in [1.29, 1.82) is 0 Å². The van der Waals surface area contributed by atoms with Crippen LogP contribution < -0.4 is 10.5 Å². The van der Waals surface area contributed by atoms with Crippen LogP contribution in [0.4, 0.5) is 5.69 Å². The average molecular weight is 181 g/mol. The van der Waals surface area contributed by atoms with E-state index in [0.29, 0.717) is 17.0 Å². The molecule has 0 amide bonds. The number of hydrogen-bond acceptors (Lipinski definition) is 4. The maximum Gasteiger partial charge on any atom is 0.188 e. The highest BCUT2D eigenvalue weighted by molar-refractivity contribution is 5.97. The molecule has 1 rings (SSSR count). The van der Waals surface area contributed by atoms with Crippen LogP contribution in [0.5, 0.6) is 5.75 Å². The molecule has 70 valence electrons. The molecule has 4 nitrogen and oxygen atoms in total. The van der Waals surface area contributed by atoms with E-state index in [0.717, 1.165) is 0 Å². The van der Waals surface area contributed by atoms with Gasteiger partial charge in [0.25, 0.3) is 0 Å². The summed E-state index contributed by atoms with van der Waals surface area (Å²) >= 11 is 0. The lowest BCUT2D eigenvalue weighted by atomic mass is 10.1. The van der Waals surface area contributed by atoms with Crippen molar-refractivity contribution in [3.8, 4) is 5.75 Å². The van der Waals surface area contributed by atoms with E-state index in [4.69, 9.17) is 15.6 Å². The minimum absolute atomic E-state index is 0.349. The Morgan fingerprint density at radius 2 is 2.31 bits per heavy atom. The Labute approximate surface area is 75.9 Å². The molecule has 4 heteroatoms. The molecule has 0 unspecified atom stereocenters. The summed E-state index contributed by atoms with van der Waals surface area (Å²) in [6.07, 6.45) is 0. The van der Waals surface area contributed by atoms with Crippen molar-refractivity contribution in [3.63, 3.8) is 0 Å². The van der Waals surface area contributed by atoms with Crippen molar-refractivity contribution in [2.24, 2.45) is 0 Å². The highest BCUT2D eigenvalue weighted by Gasteiger charge is 2.06. The van der Waals surface area contributed by atoms with Crippen LogP contribution in [0.3, 0.4) is 0 Å². The van der Waals surface area contributed by atoms with Crippen molar-refractivity contribution < 1.29 is 14.6 Å². The van der Waals surface area contributed by atoms with Gasteiger partial charge in [0.15, 0.2) is 5.78 Å². The molecule has 0 atom stereocenters. The van der Waals surface area contributed by atoms with Crippen LogP contribution in [0.1, 0.15) is 10.4 Å². The predicted octanol–water partition coefficient (Wildman–Crippen LogP) is 0.452. The van der Waals surface area contributed by atoms with E-state index in [9.17, 15) is 4.79 Å². The smallest absolute Gasteiger partial charge is 0.188 e. The average Bonchev–Trinajstić information content (AvgIpc) is 2.17. The largest absolute Gasteiger partial charge is 0.495 e. The summed E-state index contributed by atoms with van der Waals surface area (Å²) in [6, 6.07) is 4.63. The monoisotopic (exact) mass is 181 g/mol. The van der Waals surface area contributed by atoms with Crippen LogP contribution in [0.2, 0.25) is 0 Å². The lowest BCUT2D eigenvalue weighted by Gasteiger charge is -2.05. The third kappa shape index (κ3) is 1.97. The molecule has 0 aliphatic heterocycles. The minimum atomic E-state index is -0.507. The molecule has 0 spiro atoms. The van der Waals surface area contributed by atoms with Crippen molar-refractivity contribution in [3.05, 3.63) is 23.8 Å². The number of anilines is 1. The number of ether oxygens (including phenoxy) is 1. The number of benzene rings is 1. The number of ketones is 1. The number of rotatable bonds is 3. The van der Waals surface area contributed by atoms with Gasteiger partial charge in [-0.05, 0) is 18.2 Å². The van der Waals surface area contributed by atoms with Gasteiger partial charge in [-0.25, -0.2) is 0 Å². The van der Waals surface area contributed by atoms with Gasteiger partial charge in [0.1, 0.15) is 12.4 Å². The Hall–Kier alpha value is -1.55. The summed E-state index contributed by atoms with van der Waals surface area (Å²) in [5, 5.41) is 8.60.